The lowest BCUT2D eigenvalue weighted by atomic mass is 10.0. The number of para-hydroxylation sites is 1. The summed E-state index contributed by atoms with van der Waals surface area (Å²) in [5.74, 6) is -1.27. The highest BCUT2D eigenvalue weighted by Crippen LogP contribution is 2.13. The number of nitrogens with one attached hydrogen (secondary N) is 1. The van der Waals surface area contributed by atoms with Gasteiger partial charge < -0.3 is 15.0 Å². The predicted molar refractivity (Wildman–Crippen MR) is 113 cm³/mol. The molecule has 6 nitrogen and oxygen atoms in total. The third-order valence-electron chi connectivity index (χ3n) is 4.26. The van der Waals surface area contributed by atoms with Crippen LogP contribution in [0, 0.1) is 5.92 Å². The minimum Gasteiger partial charge on any atom is -0.454 e. The van der Waals surface area contributed by atoms with Crippen molar-refractivity contribution in [1.29, 1.82) is 0 Å². The van der Waals surface area contributed by atoms with Crippen molar-refractivity contribution in [3.63, 3.8) is 0 Å². The summed E-state index contributed by atoms with van der Waals surface area (Å²) in [7, 11) is 1.61. The number of anilines is 1. The van der Waals surface area contributed by atoms with Gasteiger partial charge in [-0.05, 0) is 48.7 Å². The molecule has 7 heteroatoms. The Morgan fingerprint density at radius 2 is 1.66 bits per heavy atom. The van der Waals surface area contributed by atoms with Crippen LogP contribution < -0.4 is 10.2 Å². The van der Waals surface area contributed by atoms with Gasteiger partial charge in [-0.3, -0.25) is 9.59 Å². The number of ether oxygens (including phenoxy) is 1. The number of hydrogen-bond donors (Lipinski definition) is 1. The van der Waals surface area contributed by atoms with E-state index >= 15 is 0 Å². The van der Waals surface area contributed by atoms with Crippen LogP contribution in [0.2, 0.25) is 5.02 Å². The molecule has 0 aliphatic carbocycles. The first-order valence-corrected chi connectivity index (χ1v) is 9.70. The van der Waals surface area contributed by atoms with Crippen molar-refractivity contribution < 1.29 is 19.1 Å². The first kappa shape index (κ1) is 22.4. The molecule has 2 aromatic rings. The van der Waals surface area contributed by atoms with E-state index in [1.165, 1.54) is 4.90 Å². The Bertz CT molecular complexity index is 838. The van der Waals surface area contributed by atoms with Crippen LogP contribution in [0.3, 0.4) is 0 Å². The van der Waals surface area contributed by atoms with Crippen LogP contribution >= 0.6 is 11.6 Å². The summed E-state index contributed by atoms with van der Waals surface area (Å²) >= 11 is 5.84. The standard InChI is InChI=1S/C22H25ClN2O4/c1-15(2)13-19(24-21(27)16-9-11-17(23)12-10-16)22(28)29-14-20(26)25(3)18-7-5-4-6-8-18/h4-12,15,19H,13-14H2,1-3H3,(H,24,27)/t19-/m1/s1. The Morgan fingerprint density at radius 1 is 1.03 bits per heavy atom. The summed E-state index contributed by atoms with van der Waals surface area (Å²) in [6.07, 6.45) is 0.390. The van der Waals surface area contributed by atoms with Gasteiger partial charge in [0.1, 0.15) is 6.04 Å². The molecule has 0 aliphatic rings. The van der Waals surface area contributed by atoms with Gasteiger partial charge in [0.25, 0.3) is 11.8 Å². The highest BCUT2D eigenvalue weighted by molar-refractivity contribution is 6.30. The Morgan fingerprint density at radius 3 is 2.24 bits per heavy atom. The van der Waals surface area contributed by atoms with Gasteiger partial charge in [-0.2, -0.15) is 0 Å². The monoisotopic (exact) mass is 416 g/mol. The van der Waals surface area contributed by atoms with Crippen molar-refractivity contribution >= 4 is 35.1 Å². The number of carbonyl (C=O) groups is 3. The van der Waals surface area contributed by atoms with Crippen molar-refractivity contribution in [1.82, 2.24) is 5.32 Å². The highest BCUT2D eigenvalue weighted by atomic mass is 35.5. The van der Waals surface area contributed by atoms with Crippen LogP contribution in [0.4, 0.5) is 5.69 Å². The average molecular weight is 417 g/mol. The highest BCUT2D eigenvalue weighted by Gasteiger charge is 2.25. The van der Waals surface area contributed by atoms with E-state index in [2.05, 4.69) is 5.32 Å². The summed E-state index contributed by atoms with van der Waals surface area (Å²) in [5, 5.41) is 3.20. The number of likely N-dealkylation sites (N-methyl/N-ethyl adjacent to an activating group) is 1. The number of benzene rings is 2. The molecular weight excluding hydrogens is 392 g/mol. The van der Waals surface area contributed by atoms with Gasteiger partial charge >= 0.3 is 5.97 Å². The Balaban J connectivity index is 1.98. The minimum atomic E-state index is -0.854. The number of rotatable bonds is 8. The summed E-state index contributed by atoms with van der Waals surface area (Å²) in [6.45, 7) is 3.46. The first-order valence-electron chi connectivity index (χ1n) is 9.32. The van der Waals surface area contributed by atoms with E-state index in [9.17, 15) is 14.4 Å². The number of nitrogens with zero attached hydrogens (tertiary/aromatic N) is 1. The van der Waals surface area contributed by atoms with Crippen molar-refractivity contribution in [3.8, 4) is 0 Å². The fourth-order valence-corrected chi connectivity index (χ4v) is 2.78. The van der Waals surface area contributed by atoms with E-state index in [1.54, 1.807) is 43.4 Å². The summed E-state index contributed by atoms with van der Waals surface area (Å²) in [4.78, 5) is 38.7. The zero-order valence-electron chi connectivity index (χ0n) is 16.7. The lowest BCUT2D eigenvalue weighted by molar-refractivity contribution is -0.150. The number of esters is 1. The zero-order chi connectivity index (χ0) is 21.4. The predicted octanol–water partition coefficient (Wildman–Crippen LogP) is 3.69. The topological polar surface area (TPSA) is 75.7 Å². The van der Waals surface area contributed by atoms with E-state index in [1.807, 2.05) is 32.0 Å². The van der Waals surface area contributed by atoms with E-state index < -0.39 is 24.5 Å². The molecule has 0 radical (unpaired) electrons. The molecule has 0 heterocycles. The molecule has 0 aliphatic heterocycles. The van der Waals surface area contributed by atoms with E-state index in [0.29, 0.717) is 22.7 Å². The lowest BCUT2D eigenvalue weighted by Crippen LogP contribution is -2.44. The Kier molecular flexibility index (Phi) is 8.21. The molecule has 0 saturated carbocycles. The van der Waals surface area contributed by atoms with Crippen molar-refractivity contribution in [2.24, 2.45) is 5.92 Å². The van der Waals surface area contributed by atoms with Crippen LogP contribution in [0.15, 0.2) is 54.6 Å². The third-order valence-corrected chi connectivity index (χ3v) is 4.51. The maximum Gasteiger partial charge on any atom is 0.329 e. The van der Waals surface area contributed by atoms with Gasteiger partial charge in [0, 0.05) is 23.3 Å². The smallest absolute Gasteiger partial charge is 0.329 e. The molecule has 0 saturated heterocycles. The molecule has 1 N–H and O–H groups in total. The Hall–Kier alpha value is -2.86. The number of carbonyl (C=O) groups excluding carboxylic acids is 3. The van der Waals surface area contributed by atoms with Crippen LogP contribution in [0.5, 0.6) is 0 Å². The van der Waals surface area contributed by atoms with Gasteiger partial charge in [0.2, 0.25) is 0 Å². The second kappa shape index (κ2) is 10.6. The molecule has 154 valence electrons. The number of halogens is 1. The van der Waals surface area contributed by atoms with Gasteiger partial charge in [-0.25, -0.2) is 4.79 Å². The molecule has 0 spiro atoms. The maximum atomic E-state index is 12.5. The lowest BCUT2D eigenvalue weighted by Gasteiger charge is -2.21. The molecule has 0 aromatic heterocycles. The molecule has 2 aromatic carbocycles. The van der Waals surface area contributed by atoms with Crippen LogP contribution in [0.25, 0.3) is 0 Å². The molecule has 2 rings (SSSR count). The van der Waals surface area contributed by atoms with Gasteiger partial charge in [-0.1, -0.05) is 43.6 Å². The molecule has 1 atom stereocenters. The summed E-state index contributed by atoms with van der Waals surface area (Å²) in [6, 6.07) is 14.6. The Labute approximate surface area is 175 Å². The minimum absolute atomic E-state index is 0.140. The third kappa shape index (κ3) is 6.91. The normalized spacial score (nSPS) is 11.6. The fraction of sp³-hybridized carbons (Fsp3) is 0.318. The van der Waals surface area contributed by atoms with Crippen molar-refractivity contribution in [2.45, 2.75) is 26.3 Å². The molecular formula is C22H25ClN2O4. The van der Waals surface area contributed by atoms with E-state index in [-0.39, 0.29) is 11.8 Å². The van der Waals surface area contributed by atoms with Crippen LogP contribution in [-0.2, 0) is 14.3 Å². The van der Waals surface area contributed by atoms with Gasteiger partial charge in [0.05, 0.1) is 0 Å². The van der Waals surface area contributed by atoms with Crippen LogP contribution in [0.1, 0.15) is 30.6 Å². The molecule has 0 fully saturated rings. The first-order chi connectivity index (χ1) is 13.8. The van der Waals surface area contributed by atoms with E-state index in [4.69, 9.17) is 16.3 Å². The average Bonchev–Trinajstić information content (AvgIpc) is 2.71. The molecule has 0 bridgehead atoms. The second-order valence-electron chi connectivity index (χ2n) is 7.06. The fourth-order valence-electron chi connectivity index (χ4n) is 2.65. The number of hydrogen-bond acceptors (Lipinski definition) is 4. The molecule has 0 unspecified atom stereocenters. The van der Waals surface area contributed by atoms with Crippen LogP contribution in [-0.4, -0.2) is 37.5 Å². The second-order valence-corrected chi connectivity index (χ2v) is 7.49. The molecule has 2 amide bonds. The molecule has 29 heavy (non-hydrogen) atoms. The maximum absolute atomic E-state index is 12.5. The largest absolute Gasteiger partial charge is 0.454 e. The van der Waals surface area contributed by atoms with Crippen molar-refractivity contribution in [3.05, 3.63) is 65.2 Å². The quantitative estimate of drug-likeness (QED) is 0.666. The zero-order valence-corrected chi connectivity index (χ0v) is 17.5. The summed E-state index contributed by atoms with van der Waals surface area (Å²) in [5.41, 5.74) is 1.08. The van der Waals surface area contributed by atoms with E-state index in [0.717, 1.165) is 0 Å². The van der Waals surface area contributed by atoms with Gasteiger partial charge in [-0.15, -0.1) is 0 Å². The van der Waals surface area contributed by atoms with Gasteiger partial charge in [0.15, 0.2) is 6.61 Å². The van der Waals surface area contributed by atoms with Crippen molar-refractivity contribution in [2.75, 3.05) is 18.6 Å². The summed E-state index contributed by atoms with van der Waals surface area (Å²) < 4.78 is 5.20. The SMILES string of the molecule is CC(C)C[C@@H](NC(=O)c1ccc(Cl)cc1)C(=O)OCC(=O)N(C)c1ccccc1. The number of amides is 2.